The highest BCUT2D eigenvalue weighted by Gasteiger charge is 2.11. The quantitative estimate of drug-likeness (QED) is 0.477. The van der Waals surface area contributed by atoms with Gasteiger partial charge in [0.05, 0.1) is 24.3 Å². The summed E-state index contributed by atoms with van der Waals surface area (Å²) in [4.78, 5) is 4.56. The lowest BCUT2D eigenvalue weighted by atomic mass is 10.2. The van der Waals surface area contributed by atoms with Crippen molar-refractivity contribution in [1.82, 2.24) is 4.98 Å². The summed E-state index contributed by atoms with van der Waals surface area (Å²) in [7, 11) is -3.63. The van der Waals surface area contributed by atoms with E-state index >= 15 is 0 Å². The van der Waals surface area contributed by atoms with Crippen LogP contribution in [0.4, 0.5) is 0 Å². The van der Waals surface area contributed by atoms with Crippen molar-refractivity contribution in [3.05, 3.63) is 77.0 Å². The minimum absolute atomic E-state index is 0.108. The summed E-state index contributed by atoms with van der Waals surface area (Å²) in [5, 5.41) is 1.05. The summed E-state index contributed by atoms with van der Waals surface area (Å²) in [6.07, 6.45) is 2.11. The van der Waals surface area contributed by atoms with Gasteiger partial charge in [0, 0.05) is 12.0 Å². The number of benzene rings is 2. The van der Waals surface area contributed by atoms with Gasteiger partial charge in [-0.2, -0.15) is 8.42 Å². The Labute approximate surface area is 170 Å². The summed E-state index contributed by atoms with van der Waals surface area (Å²) in [5.41, 5.74) is 2.54. The van der Waals surface area contributed by atoms with Crippen LogP contribution in [0.3, 0.4) is 0 Å². The van der Waals surface area contributed by atoms with Crippen molar-refractivity contribution in [2.24, 2.45) is 0 Å². The third-order valence-corrected chi connectivity index (χ3v) is 5.14. The number of hydrogen-bond acceptors (Lipinski definition) is 6. The van der Waals surface area contributed by atoms with Crippen molar-refractivity contribution < 1.29 is 21.8 Å². The van der Waals surface area contributed by atoms with E-state index in [0.717, 1.165) is 28.0 Å². The van der Waals surface area contributed by atoms with Crippen molar-refractivity contribution in [2.45, 2.75) is 20.3 Å². The normalized spacial score (nSPS) is 11.8. The molecule has 0 spiro atoms. The van der Waals surface area contributed by atoms with Crippen molar-refractivity contribution in [2.75, 3.05) is 13.2 Å². The highest BCUT2D eigenvalue weighted by Crippen LogP contribution is 2.22. The Balaban J connectivity index is 1.55. The molecule has 0 fully saturated rings. The van der Waals surface area contributed by atoms with Crippen LogP contribution in [-0.2, 0) is 20.7 Å². The minimum Gasteiger partial charge on any atom is -0.493 e. The summed E-state index contributed by atoms with van der Waals surface area (Å²) in [5.74, 6) is 2.08. The Kier molecular flexibility index (Phi) is 6.85. The van der Waals surface area contributed by atoms with Crippen LogP contribution in [0, 0.1) is 6.92 Å². The molecule has 0 saturated heterocycles. The zero-order chi connectivity index (χ0) is 20.7. The summed E-state index contributed by atoms with van der Waals surface area (Å²) >= 11 is 0. The molecule has 29 heavy (non-hydrogen) atoms. The molecule has 0 N–H and O–H groups in total. The molecular formula is C22H23NO5S. The van der Waals surface area contributed by atoms with E-state index in [2.05, 4.69) is 9.17 Å². The fourth-order valence-electron chi connectivity index (χ4n) is 2.67. The van der Waals surface area contributed by atoms with E-state index in [4.69, 9.17) is 9.15 Å². The number of hydrogen-bond donors (Lipinski definition) is 0. The summed E-state index contributed by atoms with van der Waals surface area (Å²) < 4.78 is 39.2. The Morgan fingerprint density at radius 1 is 1.07 bits per heavy atom. The van der Waals surface area contributed by atoms with Gasteiger partial charge in [0.2, 0.25) is 5.89 Å². The third kappa shape index (κ3) is 6.04. The van der Waals surface area contributed by atoms with Crippen molar-refractivity contribution >= 4 is 16.2 Å². The van der Waals surface area contributed by atoms with Crippen LogP contribution < -0.4 is 4.74 Å². The van der Waals surface area contributed by atoms with E-state index in [9.17, 15) is 8.42 Å². The highest BCUT2D eigenvalue weighted by molar-refractivity contribution is 7.89. The third-order valence-electron chi connectivity index (χ3n) is 4.11. The van der Waals surface area contributed by atoms with Gasteiger partial charge in [-0.3, -0.25) is 4.18 Å². The first-order valence-electron chi connectivity index (χ1n) is 9.29. The van der Waals surface area contributed by atoms with E-state index in [1.165, 1.54) is 6.08 Å². The first kappa shape index (κ1) is 20.8. The molecule has 1 heterocycles. The van der Waals surface area contributed by atoms with E-state index < -0.39 is 10.1 Å². The number of rotatable bonds is 9. The maximum atomic E-state index is 11.5. The minimum atomic E-state index is -3.63. The van der Waals surface area contributed by atoms with Crippen molar-refractivity contribution in [1.29, 1.82) is 0 Å². The highest BCUT2D eigenvalue weighted by atomic mass is 32.2. The number of aryl methyl sites for hydroxylation is 1. The summed E-state index contributed by atoms with van der Waals surface area (Å²) in [6.45, 7) is 4.08. The average Bonchev–Trinajstić information content (AvgIpc) is 3.09. The van der Waals surface area contributed by atoms with Crippen LogP contribution in [0.1, 0.15) is 23.9 Å². The van der Waals surface area contributed by atoms with E-state index in [1.807, 2.05) is 37.3 Å². The predicted molar refractivity (Wildman–Crippen MR) is 112 cm³/mol. The van der Waals surface area contributed by atoms with Gasteiger partial charge in [-0.15, -0.1) is 0 Å². The van der Waals surface area contributed by atoms with Gasteiger partial charge in [-0.1, -0.05) is 30.3 Å². The molecule has 0 amide bonds. The molecule has 3 rings (SSSR count). The molecule has 0 aliphatic carbocycles. The molecule has 2 aromatic carbocycles. The van der Waals surface area contributed by atoms with E-state index in [1.54, 1.807) is 31.2 Å². The van der Waals surface area contributed by atoms with Gasteiger partial charge in [-0.05, 0) is 49.8 Å². The fraction of sp³-hybridized carbons (Fsp3) is 0.227. The van der Waals surface area contributed by atoms with Crippen LogP contribution in [0.2, 0.25) is 0 Å². The molecule has 7 heteroatoms. The fourth-order valence-corrected chi connectivity index (χ4v) is 3.40. The largest absolute Gasteiger partial charge is 0.493 e. The zero-order valence-corrected chi connectivity index (χ0v) is 17.2. The molecule has 152 valence electrons. The molecule has 0 aliphatic rings. The lowest BCUT2D eigenvalue weighted by molar-refractivity contribution is 0.320. The number of oxazole rings is 1. The van der Waals surface area contributed by atoms with Crippen molar-refractivity contribution in [3.8, 4) is 17.2 Å². The molecule has 0 atom stereocenters. The van der Waals surface area contributed by atoms with Gasteiger partial charge >= 0.3 is 0 Å². The number of ether oxygens (including phenoxy) is 1. The molecule has 0 saturated carbocycles. The van der Waals surface area contributed by atoms with Crippen LogP contribution in [0.15, 0.2) is 64.4 Å². The Morgan fingerprint density at radius 3 is 2.48 bits per heavy atom. The lowest BCUT2D eigenvalue weighted by Gasteiger charge is -2.05. The molecule has 6 nitrogen and oxygen atoms in total. The first-order valence-corrected chi connectivity index (χ1v) is 10.8. The predicted octanol–water partition coefficient (Wildman–Crippen LogP) is 4.61. The van der Waals surface area contributed by atoms with Crippen LogP contribution in [0.25, 0.3) is 17.5 Å². The standard InChI is InChI=1S/C22H23NO5S/c1-3-27-29(24,25)16-14-18-9-11-20(12-10-18)26-15-13-21-17(2)28-22(23-21)19-7-5-4-6-8-19/h4-12,14,16H,3,13,15H2,1-2H3/b16-14+. The second kappa shape index (κ2) is 9.54. The van der Waals surface area contributed by atoms with Gasteiger partial charge in [-0.25, -0.2) is 4.98 Å². The van der Waals surface area contributed by atoms with Crippen molar-refractivity contribution in [3.63, 3.8) is 0 Å². The SMILES string of the molecule is CCOS(=O)(=O)/C=C/c1ccc(OCCc2nc(-c3ccccc3)oc2C)cc1. The number of aromatic nitrogens is 1. The van der Waals surface area contributed by atoms with Gasteiger partial charge in [0.1, 0.15) is 11.5 Å². The molecule has 0 aliphatic heterocycles. The second-order valence-electron chi connectivity index (χ2n) is 6.26. The number of nitrogens with zero attached hydrogens (tertiary/aromatic N) is 1. The molecule has 0 unspecified atom stereocenters. The van der Waals surface area contributed by atoms with Crippen LogP contribution in [-0.4, -0.2) is 26.6 Å². The van der Waals surface area contributed by atoms with E-state index in [0.29, 0.717) is 24.7 Å². The molecule has 0 radical (unpaired) electrons. The van der Waals surface area contributed by atoms with Gasteiger partial charge in [0.25, 0.3) is 10.1 Å². The first-order chi connectivity index (χ1) is 14.0. The van der Waals surface area contributed by atoms with Gasteiger partial charge in [0.15, 0.2) is 0 Å². The van der Waals surface area contributed by atoms with Crippen LogP contribution >= 0.6 is 0 Å². The maximum absolute atomic E-state index is 11.5. The topological polar surface area (TPSA) is 78.6 Å². The van der Waals surface area contributed by atoms with Gasteiger partial charge < -0.3 is 9.15 Å². The smallest absolute Gasteiger partial charge is 0.290 e. The Morgan fingerprint density at radius 2 is 1.79 bits per heavy atom. The maximum Gasteiger partial charge on any atom is 0.290 e. The average molecular weight is 413 g/mol. The molecular weight excluding hydrogens is 390 g/mol. The van der Waals surface area contributed by atoms with Crippen LogP contribution in [0.5, 0.6) is 5.75 Å². The summed E-state index contributed by atoms with van der Waals surface area (Å²) in [6, 6.07) is 16.9. The molecule has 3 aromatic rings. The second-order valence-corrected chi connectivity index (χ2v) is 7.75. The monoisotopic (exact) mass is 413 g/mol. The zero-order valence-electron chi connectivity index (χ0n) is 16.4. The Hall–Kier alpha value is -2.90. The molecule has 0 bridgehead atoms. The molecule has 1 aromatic heterocycles. The Bertz CT molecular complexity index is 1050. The lowest BCUT2D eigenvalue weighted by Crippen LogP contribution is -2.02. The van der Waals surface area contributed by atoms with E-state index in [-0.39, 0.29) is 6.61 Å².